The summed E-state index contributed by atoms with van der Waals surface area (Å²) in [6, 6.07) is 35.2. The van der Waals surface area contributed by atoms with Crippen LogP contribution in [0.15, 0.2) is 155 Å². The van der Waals surface area contributed by atoms with E-state index in [1.807, 2.05) is 54.6 Å². The highest BCUT2D eigenvalue weighted by atomic mass is 19.1. The van der Waals surface area contributed by atoms with Crippen LogP contribution in [0.1, 0.15) is 22.8 Å². The number of aliphatic hydroxyl groups is 1. The zero-order valence-corrected chi connectivity index (χ0v) is 28.4. The Morgan fingerprint density at radius 3 is 1.51 bits per heavy atom. The van der Waals surface area contributed by atoms with Crippen LogP contribution in [-0.4, -0.2) is 37.2 Å². The minimum Gasteiger partial charge on any atom is -0.463 e. The number of rotatable bonds is 9. The number of hydrogen-bond acceptors (Lipinski definition) is 7. The summed E-state index contributed by atoms with van der Waals surface area (Å²) in [6.07, 6.45) is 6.24. The number of furan rings is 2. The SMILES string of the molecule is CCOC(=O)c1cnn(-c2ccc(-c3ccc(F)cc3)cc2)c1-c1ccco1.OCc1cnn(-c2ccc(-c3ccc(F)cc3)cc2)c1-c1ccco1. The molecule has 4 aromatic heterocycles. The molecule has 8 rings (SSSR count). The maximum Gasteiger partial charge on any atom is 0.342 e. The van der Waals surface area contributed by atoms with Crippen molar-refractivity contribution in [2.24, 2.45) is 0 Å². The second-order valence-corrected chi connectivity index (χ2v) is 11.7. The molecule has 9 nitrogen and oxygen atoms in total. The Morgan fingerprint density at radius 2 is 1.08 bits per heavy atom. The summed E-state index contributed by atoms with van der Waals surface area (Å²) in [5.74, 6) is 0.179. The van der Waals surface area contributed by atoms with Gasteiger partial charge < -0.3 is 18.7 Å². The molecule has 53 heavy (non-hydrogen) atoms. The van der Waals surface area contributed by atoms with Gasteiger partial charge >= 0.3 is 5.97 Å². The van der Waals surface area contributed by atoms with Gasteiger partial charge in [-0.2, -0.15) is 10.2 Å². The molecule has 0 radical (unpaired) electrons. The van der Waals surface area contributed by atoms with E-state index in [9.17, 15) is 18.7 Å². The summed E-state index contributed by atoms with van der Waals surface area (Å²) in [4.78, 5) is 12.3. The monoisotopic (exact) mass is 710 g/mol. The number of hydrogen-bond donors (Lipinski definition) is 1. The largest absolute Gasteiger partial charge is 0.463 e. The van der Waals surface area contributed by atoms with Crippen molar-refractivity contribution in [3.05, 3.63) is 169 Å². The molecule has 0 aliphatic rings. The van der Waals surface area contributed by atoms with E-state index < -0.39 is 5.97 Å². The average Bonchev–Trinajstić information content (AvgIpc) is 4.03. The first kappa shape index (κ1) is 34.6. The summed E-state index contributed by atoms with van der Waals surface area (Å²) < 4.78 is 45.7. The number of nitrogens with zero attached hydrogens (tertiary/aromatic N) is 4. The number of halogens is 2. The highest BCUT2D eigenvalue weighted by Gasteiger charge is 2.23. The van der Waals surface area contributed by atoms with Gasteiger partial charge in [-0.05, 0) is 102 Å². The standard InChI is InChI=1S/C22H17FN2O3.C20H15FN2O2/c1-2-27-22(26)19-14-24-25(21(19)20-4-3-13-28-20)18-11-7-16(8-12-18)15-5-9-17(23)10-6-15;21-17-7-3-14(4-8-17)15-5-9-18(10-6-15)23-20(16(13-24)12-22-23)19-2-1-11-25-19/h3-14H,2H2,1H3;1-12,24H,13H2. The predicted octanol–water partition coefficient (Wildman–Crippen LogP) is 9.55. The van der Waals surface area contributed by atoms with Gasteiger partial charge in [-0.15, -0.1) is 0 Å². The van der Waals surface area contributed by atoms with Gasteiger partial charge in [0.1, 0.15) is 28.6 Å². The van der Waals surface area contributed by atoms with Crippen LogP contribution in [0.5, 0.6) is 0 Å². The van der Waals surface area contributed by atoms with Gasteiger partial charge in [-0.25, -0.2) is 22.9 Å². The van der Waals surface area contributed by atoms with E-state index in [2.05, 4.69) is 10.2 Å². The van der Waals surface area contributed by atoms with Crippen LogP contribution >= 0.6 is 0 Å². The smallest absolute Gasteiger partial charge is 0.342 e. The van der Waals surface area contributed by atoms with Crippen molar-refractivity contribution in [2.75, 3.05) is 6.61 Å². The maximum absolute atomic E-state index is 13.1. The summed E-state index contributed by atoms with van der Waals surface area (Å²) in [5.41, 5.74) is 7.66. The molecule has 0 atom stereocenters. The molecule has 8 aromatic rings. The molecular formula is C42H32F2N4O5. The number of carbonyl (C=O) groups excluding carboxylic acids is 1. The van der Waals surface area contributed by atoms with Crippen LogP contribution in [0.2, 0.25) is 0 Å². The zero-order valence-electron chi connectivity index (χ0n) is 28.4. The number of aliphatic hydroxyl groups excluding tert-OH is 1. The topological polar surface area (TPSA) is 108 Å². The van der Waals surface area contributed by atoms with Crippen molar-refractivity contribution in [1.29, 1.82) is 0 Å². The fourth-order valence-electron chi connectivity index (χ4n) is 5.80. The highest BCUT2D eigenvalue weighted by molar-refractivity contribution is 5.95. The van der Waals surface area contributed by atoms with Crippen LogP contribution in [0.25, 0.3) is 56.5 Å². The summed E-state index contributed by atoms with van der Waals surface area (Å²) >= 11 is 0. The van der Waals surface area contributed by atoms with Gasteiger partial charge in [0, 0.05) is 5.56 Å². The third kappa shape index (κ3) is 7.46. The second-order valence-electron chi connectivity index (χ2n) is 11.7. The third-order valence-electron chi connectivity index (χ3n) is 8.37. The summed E-state index contributed by atoms with van der Waals surface area (Å²) in [5, 5.41) is 18.3. The molecule has 11 heteroatoms. The molecule has 0 saturated carbocycles. The molecule has 0 aliphatic carbocycles. The minimum absolute atomic E-state index is 0.121. The van der Waals surface area contributed by atoms with Crippen molar-refractivity contribution < 1.29 is 32.3 Å². The number of ether oxygens (including phenoxy) is 1. The van der Waals surface area contributed by atoms with Crippen molar-refractivity contribution >= 4 is 5.97 Å². The lowest BCUT2D eigenvalue weighted by molar-refractivity contribution is 0.0527. The minimum atomic E-state index is -0.455. The summed E-state index contributed by atoms with van der Waals surface area (Å²) in [7, 11) is 0. The highest BCUT2D eigenvalue weighted by Crippen LogP contribution is 2.30. The number of benzene rings is 4. The number of aromatic nitrogens is 4. The fourth-order valence-corrected chi connectivity index (χ4v) is 5.80. The van der Waals surface area contributed by atoms with Crippen molar-refractivity contribution in [1.82, 2.24) is 19.6 Å². The molecule has 4 aromatic carbocycles. The lowest BCUT2D eigenvalue weighted by Gasteiger charge is -2.09. The third-order valence-corrected chi connectivity index (χ3v) is 8.37. The molecule has 1 N–H and O–H groups in total. The van der Waals surface area contributed by atoms with Crippen LogP contribution in [0.4, 0.5) is 8.78 Å². The predicted molar refractivity (Wildman–Crippen MR) is 195 cm³/mol. The van der Waals surface area contributed by atoms with E-state index in [1.165, 1.54) is 30.5 Å². The molecule has 0 aliphatic heterocycles. The van der Waals surface area contributed by atoms with E-state index in [-0.39, 0.29) is 24.8 Å². The Bertz CT molecular complexity index is 2400. The zero-order chi connectivity index (χ0) is 36.7. The lowest BCUT2D eigenvalue weighted by atomic mass is 10.1. The van der Waals surface area contributed by atoms with Crippen molar-refractivity contribution in [2.45, 2.75) is 13.5 Å². The first-order chi connectivity index (χ1) is 25.9. The quantitative estimate of drug-likeness (QED) is 0.149. The van der Waals surface area contributed by atoms with E-state index in [0.29, 0.717) is 28.3 Å². The van der Waals surface area contributed by atoms with E-state index in [4.69, 9.17) is 13.6 Å². The Morgan fingerprint density at radius 1 is 0.642 bits per heavy atom. The van der Waals surface area contributed by atoms with Crippen molar-refractivity contribution in [3.63, 3.8) is 0 Å². The molecule has 0 unspecified atom stereocenters. The molecule has 4 heterocycles. The molecule has 264 valence electrons. The van der Waals surface area contributed by atoms with Gasteiger partial charge in [0.25, 0.3) is 0 Å². The molecule has 0 amide bonds. The number of carbonyl (C=O) groups is 1. The van der Waals surface area contributed by atoms with Gasteiger partial charge in [-0.3, -0.25) is 0 Å². The van der Waals surface area contributed by atoms with E-state index in [1.54, 1.807) is 77.5 Å². The van der Waals surface area contributed by atoms with Crippen LogP contribution in [0, 0.1) is 11.6 Å². The van der Waals surface area contributed by atoms with E-state index in [0.717, 1.165) is 39.3 Å². The van der Waals surface area contributed by atoms with Gasteiger partial charge in [0.2, 0.25) is 0 Å². The summed E-state index contributed by atoms with van der Waals surface area (Å²) in [6.45, 7) is 1.90. The fraction of sp³-hybridized carbons (Fsp3) is 0.0714. The Hall–Kier alpha value is -6.85. The van der Waals surface area contributed by atoms with Gasteiger partial charge in [0.15, 0.2) is 11.5 Å². The number of esters is 1. The van der Waals surface area contributed by atoms with Crippen LogP contribution < -0.4 is 0 Å². The van der Waals surface area contributed by atoms with Gasteiger partial charge in [0.05, 0.1) is 49.5 Å². The first-order valence-electron chi connectivity index (χ1n) is 16.7. The molecule has 0 fully saturated rings. The Balaban J connectivity index is 0.000000165. The Kier molecular flexibility index (Phi) is 10.2. The normalized spacial score (nSPS) is 10.9. The second kappa shape index (κ2) is 15.6. The van der Waals surface area contributed by atoms with Gasteiger partial charge in [-0.1, -0.05) is 48.5 Å². The van der Waals surface area contributed by atoms with Crippen molar-refractivity contribution in [3.8, 4) is 56.5 Å². The first-order valence-corrected chi connectivity index (χ1v) is 16.7. The average molecular weight is 711 g/mol. The molecule has 0 bridgehead atoms. The lowest BCUT2D eigenvalue weighted by Crippen LogP contribution is -2.06. The van der Waals surface area contributed by atoms with Crippen LogP contribution in [0.3, 0.4) is 0 Å². The Labute approximate surface area is 303 Å². The maximum atomic E-state index is 13.1. The molecule has 0 saturated heterocycles. The van der Waals surface area contributed by atoms with Crippen LogP contribution in [-0.2, 0) is 11.3 Å². The molecule has 0 spiro atoms. The molecular weight excluding hydrogens is 678 g/mol. The van der Waals surface area contributed by atoms with E-state index >= 15 is 0 Å².